The van der Waals surface area contributed by atoms with E-state index in [1.165, 1.54) is 32.1 Å². The maximum absolute atomic E-state index is 14.0. The zero-order valence-electron chi connectivity index (χ0n) is 21.0. The predicted molar refractivity (Wildman–Crippen MR) is 130 cm³/mol. The average molecular weight is 542 g/mol. The molecule has 1 aromatic heterocycles. The molecule has 38 heavy (non-hydrogen) atoms. The maximum atomic E-state index is 14.0. The summed E-state index contributed by atoms with van der Waals surface area (Å²) in [4.78, 5) is 19.8. The average Bonchev–Trinajstić information content (AvgIpc) is 3.62. The van der Waals surface area contributed by atoms with Gasteiger partial charge in [-0.2, -0.15) is 22.0 Å². The number of carbonyl (C=O) groups is 1. The van der Waals surface area contributed by atoms with Crippen molar-refractivity contribution < 1.29 is 36.2 Å². The van der Waals surface area contributed by atoms with Gasteiger partial charge in [-0.1, -0.05) is 12.1 Å². The van der Waals surface area contributed by atoms with E-state index >= 15 is 0 Å². The van der Waals surface area contributed by atoms with Gasteiger partial charge in [0.15, 0.2) is 5.75 Å². The first kappa shape index (κ1) is 27.6. The largest absolute Gasteiger partial charge is 0.453 e. The lowest BCUT2D eigenvalue weighted by Crippen LogP contribution is -2.46. The number of piperidine rings is 1. The first-order valence-electron chi connectivity index (χ1n) is 12.0. The highest BCUT2D eigenvalue weighted by Crippen LogP contribution is 2.43. The fourth-order valence-corrected chi connectivity index (χ4v) is 4.63. The van der Waals surface area contributed by atoms with Gasteiger partial charge in [0.05, 0.1) is 18.5 Å². The Morgan fingerprint density at radius 3 is 2.55 bits per heavy atom. The summed E-state index contributed by atoms with van der Waals surface area (Å²) in [5.41, 5.74) is -1.17. The second-order valence-corrected chi connectivity index (χ2v) is 9.31. The SMILES string of the molecule is C/C=C(\c1ccc(NC(=O)OC)c(OC(F)F)c1C)c1nc(N[C@H]2CCC3(CC3)NC2)ncc1C(F)(F)F. The van der Waals surface area contributed by atoms with Crippen LogP contribution in [0.3, 0.4) is 0 Å². The molecule has 2 fully saturated rings. The highest BCUT2D eigenvalue weighted by molar-refractivity contribution is 5.90. The molecule has 1 aromatic carbocycles. The number of aromatic nitrogens is 2. The summed E-state index contributed by atoms with van der Waals surface area (Å²) < 4.78 is 77.6. The second kappa shape index (κ2) is 10.7. The lowest BCUT2D eigenvalue weighted by atomic mass is 9.94. The normalized spacial score (nSPS) is 18.9. The Morgan fingerprint density at radius 2 is 2.00 bits per heavy atom. The molecule has 1 aliphatic heterocycles. The zero-order valence-corrected chi connectivity index (χ0v) is 21.0. The van der Waals surface area contributed by atoms with Crippen LogP contribution in [0.4, 0.5) is 38.4 Å². The highest BCUT2D eigenvalue weighted by atomic mass is 19.4. The Balaban J connectivity index is 1.73. The minimum Gasteiger partial charge on any atom is -0.453 e. The number of halogens is 5. The molecule has 2 aromatic rings. The van der Waals surface area contributed by atoms with Crippen LogP contribution in [0.5, 0.6) is 5.75 Å². The van der Waals surface area contributed by atoms with Crippen LogP contribution >= 0.6 is 0 Å². The number of anilines is 2. The molecule has 4 rings (SSSR count). The Kier molecular flexibility index (Phi) is 7.77. The number of nitrogens with zero attached hydrogens (tertiary/aromatic N) is 2. The summed E-state index contributed by atoms with van der Waals surface area (Å²) in [5, 5.41) is 8.87. The molecule has 0 unspecified atom stereocenters. The van der Waals surface area contributed by atoms with Gasteiger partial charge in [-0.15, -0.1) is 0 Å². The molecule has 0 bridgehead atoms. The van der Waals surface area contributed by atoms with E-state index in [4.69, 9.17) is 0 Å². The fourth-order valence-electron chi connectivity index (χ4n) is 4.63. The van der Waals surface area contributed by atoms with Gasteiger partial charge in [0, 0.05) is 35.5 Å². The first-order chi connectivity index (χ1) is 18.0. The van der Waals surface area contributed by atoms with Crippen LogP contribution < -0.4 is 20.7 Å². The van der Waals surface area contributed by atoms with Gasteiger partial charge in [0.1, 0.15) is 5.56 Å². The molecule has 2 heterocycles. The van der Waals surface area contributed by atoms with Crippen LogP contribution in [-0.2, 0) is 10.9 Å². The molecule has 1 atom stereocenters. The molecule has 206 valence electrons. The molecule has 1 aliphatic carbocycles. The number of nitrogens with one attached hydrogen (secondary N) is 3. The third-order valence-corrected chi connectivity index (χ3v) is 6.84. The molecule has 2 aliphatic rings. The summed E-state index contributed by atoms with van der Waals surface area (Å²) in [6.45, 7) is 0.292. The number of carbonyl (C=O) groups excluding carboxylic acids is 1. The number of alkyl halides is 5. The van der Waals surface area contributed by atoms with Crippen molar-refractivity contribution in [3.63, 3.8) is 0 Å². The number of hydrogen-bond acceptors (Lipinski definition) is 7. The highest BCUT2D eigenvalue weighted by Gasteiger charge is 2.45. The van der Waals surface area contributed by atoms with E-state index in [1.54, 1.807) is 0 Å². The number of methoxy groups -OCH3 is 1. The standard InChI is InChI=1S/C25H28F5N5O3/c1-4-15(16-5-6-18(34-23(36)37-3)20(13(16)2)38-21(26)27)19-17(25(28,29)30)12-31-22(35-19)33-14-7-8-24(9-10-24)32-11-14/h4-6,12,14,21,32H,7-11H2,1-3H3,(H,34,36)(H,31,33,35)/b15-4+/t14-/m0/s1. The van der Waals surface area contributed by atoms with Gasteiger partial charge in [0.25, 0.3) is 0 Å². The minimum atomic E-state index is -4.78. The van der Waals surface area contributed by atoms with Crippen LogP contribution in [0.15, 0.2) is 24.4 Å². The van der Waals surface area contributed by atoms with Crippen LogP contribution in [0.1, 0.15) is 55.0 Å². The fraction of sp³-hybridized carbons (Fsp3) is 0.480. The van der Waals surface area contributed by atoms with Crippen molar-refractivity contribution in [1.82, 2.24) is 15.3 Å². The Labute approximate surface area is 216 Å². The Bertz CT molecular complexity index is 1220. The zero-order chi connectivity index (χ0) is 27.7. The van der Waals surface area contributed by atoms with E-state index in [0.29, 0.717) is 12.7 Å². The van der Waals surface area contributed by atoms with Crippen molar-refractivity contribution in [2.75, 3.05) is 24.3 Å². The third kappa shape index (κ3) is 5.98. The third-order valence-electron chi connectivity index (χ3n) is 6.84. The van der Waals surface area contributed by atoms with Crippen LogP contribution in [0.25, 0.3) is 5.57 Å². The number of allylic oxidation sites excluding steroid dienone is 1. The molecule has 1 saturated carbocycles. The van der Waals surface area contributed by atoms with E-state index in [9.17, 15) is 26.7 Å². The van der Waals surface area contributed by atoms with Gasteiger partial charge in [0.2, 0.25) is 5.95 Å². The summed E-state index contributed by atoms with van der Waals surface area (Å²) >= 11 is 0. The van der Waals surface area contributed by atoms with Crippen molar-refractivity contribution in [3.8, 4) is 5.75 Å². The van der Waals surface area contributed by atoms with E-state index in [2.05, 4.69) is 35.4 Å². The lowest BCUT2D eigenvalue weighted by Gasteiger charge is -2.30. The maximum Gasteiger partial charge on any atom is 0.419 e. The number of ether oxygens (including phenoxy) is 2. The van der Waals surface area contributed by atoms with E-state index < -0.39 is 35.9 Å². The van der Waals surface area contributed by atoms with E-state index in [-0.39, 0.29) is 39.9 Å². The molecule has 13 heteroatoms. The van der Waals surface area contributed by atoms with Crippen molar-refractivity contribution in [3.05, 3.63) is 46.8 Å². The molecule has 0 radical (unpaired) electrons. The van der Waals surface area contributed by atoms with Crippen LogP contribution in [0.2, 0.25) is 0 Å². The van der Waals surface area contributed by atoms with Crippen molar-refractivity contribution >= 4 is 23.3 Å². The van der Waals surface area contributed by atoms with Crippen molar-refractivity contribution in [1.29, 1.82) is 0 Å². The molecule has 1 spiro atoms. The monoisotopic (exact) mass is 541 g/mol. The van der Waals surface area contributed by atoms with Crippen LogP contribution in [0, 0.1) is 6.92 Å². The minimum absolute atomic E-state index is 0.0246. The summed E-state index contributed by atoms with van der Waals surface area (Å²) in [6.07, 6.45) is 0.426. The molecular weight excluding hydrogens is 513 g/mol. The Morgan fingerprint density at radius 1 is 1.26 bits per heavy atom. The topological polar surface area (TPSA) is 97.4 Å². The summed E-state index contributed by atoms with van der Waals surface area (Å²) in [6, 6.07) is 2.58. The van der Waals surface area contributed by atoms with Gasteiger partial charge in [-0.3, -0.25) is 5.32 Å². The lowest BCUT2D eigenvalue weighted by molar-refractivity contribution is -0.138. The summed E-state index contributed by atoms with van der Waals surface area (Å²) in [7, 11) is 1.09. The number of amides is 1. The second-order valence-electron chi connectivity index (χ2n) is 9.31. The number of hydrogen-bond donors (Lipinski definition) is 3. The predicted octanol–water partition coefficient (Wildman–Crippen LogP) is 5.73. The van der Waals surface area contributed by atoms with Gasteiger partial charge < -0.3 is 20.1 Å². The molecule has 8 nitrogen and oxygen atoms in total. The van der Waals surface area contributed by atoms with Gasteiger partial charge in [-0.25, -0.2) is 14.8 Å². The quantitative estimate of drug-likeness (QED) is 0.385. The number of benzene rings is 1. The van der Waals surface area contributed by atoms with Crippen molar-refractivity contribution in [2.24, 2.45) is 0 Å². The van der Waals surface area contributed by atoms with Crippen LogP contribution in [-0.4, -0.2) is 47.9 Å². The van der Waals surface area contributed by atoms with Gasteiger partial charge in [-0.05, 0) is 51.2 Å². The summed E-state index contributed by atoms with van der Waals surface area (Å²) in [5.74, 6) is -0.387. The smallest absolute Gasteiger partial charge is 0.419 e. The van der Waals surface area contributed by atoms with E-state index in [1.807, 2.05) is 0 Å². The van der Waals surface area contributed by atoms with Crippen molar-refractivity contribution in [2.45, 2.75) is 63.9 Å². The first-order valence-corrected chi connectivity index (χ1v) is 12.0. The molecule has 1 amide bonds. The number of rotatable bonds is 7. The molecular formula is C25H28F5N5O3. The molecule has 3 N–H and O–H groups in total. The van der Waals surface area contributed by atoms with Gasteiger partial charge >= 0.3 is 18.9 Å². The molecule has 1 saturated heterocycles. The van der Waals surface area contributed by atoms with E-state index in [0.717, 1.165) is 32.8 Å². The Hall–Kier alpha value is -3.48.